The normalized spacial score (nSPS) is 16.1. The van der Waals surface area contributed by atoms with Crippen LogP contribution in [0.2, 0.25) is 0 Å². The van der Waals surface area contributed by atoms with Gasteiger partial charge in [-0.1, -0.05) is 37.6 Å². The standard InChI is InChI=1S/C16H19F7O/c1-4-7-11-8-5-6-9-12(11)13(2,24-3)10-14(17,18)15(19,20)16(21,22)23/h5-6,8-9H,4,7,10H2,1-3H3. The number of ether oxygens (including phenoxy) is 1. The number of halogens is 7. The first-order valence-electron chi connectivity index (χ1n) is 7.28. The van der Waals surface area contributed by atoms with Gasteiger partial charge in [-0.15, -0.1) is 0 Å². The van der Waals surface area contributed by atoms with Crippen molar-refractivity contribution in [3.05, 3.63) is 35.4 Å². The number of rotatable bonds is 7. The lowest BCUT2D eigenvalue weighted by molar-refractivity contribution is -0.362. The van der Waals surface area contributed by atoms with E-state index >= 15 is 0 Å². The summed E-state index contributed by atoms with van der Waals surface area (Å²) >= 11 is 0. The molecule has 8 heteroatoms. The Kier molecular flexibility index (Phi) is 5.96. The first-order chi connectivity index (χ1) is 10.8. The molecule has 0 saturated heterocycles. The van der Waals surface area contributed by atoms with Crippen LogP contribution in [-0.2, 0) is 16.8 Å². The number of methoxy groups -OCH3 is 1. The molecular formula is C16H19F7O. The monoisotopic (exact) mass is 360 g/mol. The van der Waals surface area contributed by atoms with Crippen molar-refractivity contribution in [1.29, 1.82) is 0 Å². The van der Waals surface area contributed by atoms with Gasteiger partial charge >= 0.3 is 18.0 Å². The molecule has 0 amide bonds. The van der Waals surface area contributed by atoms with E-state index < -0.39 is 30.0 Å². The zero-order valence-corrected chi connectivity index (χ0v) is 13.5. The highest BCUT2D eigenvalue weighted by Crippen LogP contribution is 2.51. The average molecular weight is 360 g/mol. The molecule has 0 aliphatic carbocycles. The number of aryl methyl sites for hydroxylation is 1. The Morgan fingerprint density at radius 1 is 0.958 bits per heavy atom. The van der Waals surface area contributed by atoms with Crippen LogP contribution in [0.25, 0.3) is 0 Å². The second-order valence-corrected chi connectivity index (χ2v) is 5.80. The summed E-state index contributed by atoms with van der Waals surface area (Å²) in [6, 6.07) is 6.13. The molecule has 0 heterocycles. The quantitative estimate of drug-likeness (QED) is 0.565. The number of hydrogen-bond acceptors (Lipinski definition) is 1. The molecule has 0 N–H and O–H groups in total. The average Bonchev–Trinajstić information content (AvgIpc) is 2.46. The van der Waals surface area contributed by atoms with Crippen LogP contribution in [0.15, 0.2) is 24.3 Å². The zero-order chi connectivity index (χ0) is 18.8. The van der Waals surface area contributed by atoms with Crippen molar-refractivity contribution in [3.8, 4) is 0 Å². The summed E-state index contributed by atoms with van der Waals surface area (Å²) in [6.45, 7) is 2.91. The lowest BCUT2D eigenvalue weighted by atomic mass is 9.83. The minimum atomic E-state index is -6.35. The Morgan fingerprint density at radius 3 is 1.96 bits per heavy atom. The van der Waals surface area contributed by atoms with Gasteiger partial charge < -0.3 is 4.74 Å². The van der Waals surface area contributed by atoms with E-state index in [2.05, 4.69) is 0 Å². The van der Waals surface area contributed by atoms with Gasteiger partial charge in [0.15, 0.2) is 0 Å². The van der Waals surface area contributed by atoms with Gasteiger partial charge in [-0.05, 0) is 24.5 Å². The predicted molar refractivity (Wildman–Crippen MR) is 75.4 cm³/mol. The molecule has 0 spiro atoms. The maximum atomic E-state index is 13.8. The summed E-state index contributed by atoms with van der Waals surface area (Å²) in [5.74, 6) is -11.5. The van der Waals surface area contributed by atoms with Gasteiger partial charge in [-0.2, -0.15) is 30.7 Å². The Bertz CT molecular complexity index is 554. The SMILES string of the molecule is CCCc1ccccc1C(C)(CC(F)(F)C(F)(F)C(F)(F)F)OC. The summed E-state index contributed by atoms with van der Waals surface area (Å²) in [5.41, 5.74) is -1.26. The van der Waals surface area contributed by atoms with Gasteiger partial charge in [-0.3, -0.25) is 0 Å². The fourth-order valence-corrected chi connectivity index (χ4v) is 2.54. The highest BCUT2D eigenvalue weighted by atomic mass is 19.4. The fraction of sp³-hybridized carbons (Fsp3) is 0.625. The lowest BCUT2D eigenvalue weighted by Crippen LogP contribution is -2.54. The molecule has 1 unspecified atom stereocenters. The van der Waals surface area contributed by atoms with Crippen LogP contribution in [0.4, 0.5) is 30.7 Å². The molecule has 1 nitrogen and oxygen atoms in total. The van der Waals surface area contributed by atoms with Gasteiger partial charge in [0.05, 0.1) is 12.0 Å². The van der Waals surface area contributed by atoms with Gasteiger partial charge in [0.2, 0.25) is 0 Å². The van der Waals surface area contributed by atoms with Crippen LogP contribution in [0.5, 0.6) is 0 Å². The van der Waals surface area contributed by atoms with E-state index in [1.54, 1.807) is 12.1 Å². The van der Waals surface area contributed by atoms with E-state index in [0.29, 0.717) is 18.4 Å². The van der Waals surface area contributed by atoms with Crippen LogP contribution in [0, 0.1) is 0 Å². The van der Waals surface area contributed by atoms with Gasteiger partial charge in [0.1, 0.15) is 0 Å². The Hall–Kier alpha value is -1.31. The molecule has 1 rings (SSSR count). The van der Waals surface area contributed by atoms with Crippen molar-refractivity contribution < 1.29 is 35.5 Å². The molecule has 0 aliphatic rings. The van der Waals surface area contributed by atoms with Crippen LogP contribution in [0.1, 0.15) is 37.8 Å². The minimum Gasteiger partial charge on any atom is -0.374 e. The van der Waals surface area contributed by atoms with Crippen molar-refractivity contribution in [2.75, 3.05) is 7.11 Å². The minimum absolute atomic E-state index is 0.173. The largest absolute Gasteiger partial charge is 0.459 e. The van der Waals surface area contributed by atoms with Crippen molar-refractivity contribution in [2.45, 2.75) is 56.7 Å². The Morgan fingerprint density at radius 2 is 1.50 bits per heavy atom. The van der Waals surface area contributed by atoms with Crippen molar-refractivity contribution in [1.82, 2.24) is 0 Å². The molecule has 1 atom stereocenters. The van der Waals surface area contributed by atoms with E-state index in [1.165, 1.54) is 12.1 Å². The van der Waals surface area contributed by atoms with E-state index in [0.717, 1.165) is 14.0 Å². The highest BCUT2D eigenvalue weighted by molar-refractivity contribution is 5.33. The smallest absolute Gasteiger partial charge is 0.374 e. The van der Waals surface area contributed by atoms with Gasteiger partial charge in [0, 0.05) is 7.11 Å². The molecule has 0 saturated carbocycles. The van der Waals surface area contributed by atoms with E-state index in [-0.39, 0.29) is 5.56 Å². The fourth-order valence-electron chi connectivity index (χ4n) is 2.54. The molecule has 0 aliphatic heterocycles. The second-order valence-electron chi connectivity index (χ2n) is 5.80. The Balaban J connectivity index is 3.31. The second kappa shape index (κ2) is 6.90. The Labute approximate surface area is 135 Å². The first kappa shape index (κ1) is 20.7. The third-order valence-corrected chi connectivity index (χ3v) is 3.93. The molecule has 1 aromatic carbocycles. The van der Waals surface area contributed by atoms with Crippen LogP contribution in [0.3, 0.4) is 0 Å². The van der Waals surface area contributed by atoms with E-state index in [9.17, 15) is 30.7 Å². The molecule has 138 valence electrons. The summed E-state index contributed by atoms with van der Waals surface area (Å²) in [6.07, 6.45) is -7.06. The van der Waals surface area contributed by atoms with E-state index in [1.807, 2.05) is 6.92 Å². The van der Waals surface area contributed by atoms with E-state index in [4.69, 9.17) is 4.74 Å². The molecule has 0 bridgehead atoms. The molecule has 24 heavy (non-hydrogen) atoms. The summed E-state index contributed by atoms with van der Waals surface area (Å²) in [4.78, 5) is 0. The topological polar surface area (TPSA) is 9.23 Å². The highest BCUT2D eigenvalue weighted by Gasteiger charge is 2.73. The van der Waals surface area contributed by atoms with Crippen LogP contribution < -0.4 is 0 Å². The summed E-state index contributed by atoms with van der Waals surface area (Å²) < 4.78 is 96.1. The molecule has 0 fully saturated rings. The lowest BCUT2D eigenvalue weighted by Gasteiger charge is -2.37. The molecule has 0 aromatic heterocycles. The van der Waals surface area contributed by atoms with Gasteiger partial charge in [-0.25, -0.2) is 0 Å². The van der Waals surface area contributed by atoms with Crippen molar-refractivity contribution >= 4 is 0 Å². The van der Waals surface area contributed by atoms with Crippen LogP contribution >= 0.6 is 0 Å². The van der Waals surface area contributed by atoms with Gasteiger partial charge in [0.25, 0.3) is 0 Å². The molecule has 0 radical (unpaired) electrons. The predicted octanol–water partition coefficient (Wildman–Crippen LogP) is 5.72. The molecule has 1 aromatic rings. The number of benzene rings is 1. The summed E-state index contributed by atoms with van der Waals surface area (Å²) in [5, 5.41) is 0. The van der Waals surface area contributed by atoms with Crippen molar-refractivity contribution in [3.63, 3.8) is 0 Å². The zero-order valence-electron chi connectivity index (χ0n) is 13.5. The first-order valence-corrected chi connectivity index (χ1v) is 7.28. The third kappa shape index (κ3) is 3.84. The van der Waals surface area contributed by atoms with Crippen molar-refractivity contribution in [2.24, 2.45) is 0 Å². The number of alkyl halides is 7. The maximum Gasteiger partial charge on any atom is 0.459 e. The molecular weight excluding hydrogens is 341 g/mol. The van der Waals surface area contributed by atoms with Crippen LogP contribution in [-0.4, -0.2) is 25.1 Å². The maximum absolute atomic E-state index is 13.8. The third-order valence-electron chi connectivity index (χ3n) is 3.93. The number of hydrogen-bond donors (Lipinski definition) is 0. The summed E-state index contributed by atoms with van der Waals surface area (Å²) in [7, 11) is 1.00.